The van der Waals surface area contributed by atoms with Gasteiger partial charge in [-0.2, -0.15) is 0 Å². The standard InChI is InChI=1S/C13H16N2O/c14-12(13(8-16)5-6-13)10-7-15-11-4-2-1-3-9(10)11/h1-4,7,12,15-16H,5-6,8,14H2. The van der Waals surface area contributed by atoms with E-state index in [1.807, 2.05) is 24.4 Å². The zero-order valence-electron chi connectivity index (χ0n) is 9.11. The second-order valence-corrected chi connectivity index (χ2v) is 4.79. The monoisotopic (exact) mass is 216 g/mol. The Labute approximate surface area is 94.3 Å². The van der Waals surface area contributed by atoms with Crippen molar-refractivity contribution in [3.05, 3.63) is 36.0 Å². The molecule has 1 atom stereocenters. The molecule has 1 aromatic carbocycles. The summed E-state index contributed by atoms with van der Waals surface area (Å²) >= 11 is 0. The second-order valence-electron chi connectivity index (χ2n) is 4.79. The molecule has 1 aliphatic rings. The highest BCUT2D eigenvalue weighted by Gasteiger charge is 2.48. The number of benzene rings is 1. The molecule has 0 radical (unpaired) electrons. The summed E-state index contributed by atoms with van der Waals surface area (Å²) in [6, 6.07) is 8.09. The molecule has 0 amide bonds. The lowest BCUT2D eigenvalue weighted by atomic mass is 9.91. The number of aliphatic hydroxyl groups is 1. The first-order valence-electron chi connectivity index (χ1n) is 5.69. The highest BCUT2D eigenvalue weighted by molar-refractivity contribution is 5.83. The van der Waals surface area contributed by atoms with Crippen LogP contribution in [-0.2, 0) is 0 Å². The Balaban J connectivity index is 2.06. The third kappa shape index (κ3) is 1.29. The highest BCUT2D eigenvalue weighted by atomic mass is 16.3. The summed E-state index contributed by atoms with van der Waals surface area (Å²) < 4.78 is 0. The van der Waals surface area contributed by atoms with Gasteiger partial charge in [0.25, 0.3) is 0 Å². The first-order chi connectivity index (χ1) is 7.77. The number of H-pyrrole nitrogens is 1. The molecule has 2 aromatic rings. The van der Waals surface area contributed by atoms with Crippen molar-refractivity contribution in [1.29, 1.82) is 0 Å². The van der Waals surface area contributed by atoms with Crippen LogP contribution < -0.4 is 5.73 Å². The summed E-state index contributed by atoms with van der Waals surface area (Å²) in [5, 5.41) is 10.6. The predicted octanol–water partition coefficient (Wildman–Crippen LogP) is 1.94. The van der Waals surface area contributed by atoms with Crippen molar-refractivity contribution in [2.75, 3.05) is 6.61 Å². The van der Waals surface area contributed by atoms with E-state index in [2.05, 4.69) is 11.1 Å². The predicted molar refractivity (Wildman–Crippen MR) is 64.0 cm³/mol. The topological polar surface area (TPSA) is 62.0 Å². The lowest BCUT2D eigenvalue weighted by Crippen LogP contribution is -2.25. The Kier molecular flexibility index (Phi) is 2.06. The van der Waals surface area contributed by atoms with Crippen LogP contribution in [0.5, 0.6) is 0 Å². The molecule has 4 N–H and O–H groups in total. The van der Waals surface area contributed by atoms with Gasteiger partial charge in [-0.1, -0.05) is 18.2 Å². The molecule has 1 aromatic heterocycles. The molecule has 3 heteroatoms. The van der Waals surface area contributed by atoms with Gasteiger partial charge in [0.1, 0.15) is 0 Å². The molecular formula is C13H16N2O. The fourth-order valence-electron chi connectivity index (χ4n) is 2.41. The third-order valence-electron chi connectivity index (χ3n) is 3.82. The third-order valence-corrected chi connectivity index (χ3v) is 3.82. The van der Waals surface area contributed by atoms with Crippen molar-refractivity contribution in [3.63, 3.8) is 0 Å². The van der Waals surface area contributed by atoms with Gasteiger partial charge < -0.3 is 15.8 Å². The quantitative estimate of drug-likeness (QED) is 0.734. The van der Waals surface area contributed by atoms with Gasteiger partial charge >= 0.3 is 0 Å². The first kappa shape index (κ1) is 9.87. The van der Waals surface area contributed by atoms with E-state index in [0.717, 1.165) is 23.9 Å². The molecule has 3 rings (SSSR count). The van der Waals surface area contributed by atoms with Crippen molar-refractivity contribution in [2.24, 2.45) is 11.1 Å². The Morgan fingerprint density at radius 3 is 2.81 bits per heavy atom. The molecule has 1 unspecified atom stereocenters. The molecule has 1 saturated carbocycles. The number of aromatic nitrogens is 1. The number of nitrogens with two attached hydrogens (primary N) is 1. The van der Waals surface area contributed by atoms with E-state index in [9.17, 15) is 5.11 Å². The Morgan fingerprint density at radius 1 is 1.38 bits per heavy atom. The summed E-state index contributed by atoms with van der Waals surface area (Å²) in [4.78, 5) is 3.23. The van der Waals surface area contributed by atoms with Crippen LogP contribution in [0.15, 0.2) is 30.5 Å². The number of aliphatic hydroxyl groups excluding tert-OH is 1. The molecular weight excluding hydrogens is 200 g/mol. The lowest BCUT2D eigenvalue weighted by Gasteiger charge is -2.20. The average molecular weight is 216 g/mol. The summed E-state index contributed by atoms with van der Waals surface area (Å²) in [6.07, 6.45) is 4.04. The number of rotatable bonds is 3. The molecule has 0 bridgehead atoms. The SMILES string of the molecule is NC(c1c[nH]c2ccccc12)C1(CO)CC1. The van der Waals surface area contributed by atoms with Gasteiger partial charge in [0, 0.05) is 28.6 Å². The van der Waals surface area contributed by atoms with E-state index in [-0.39, 0.29) is 18.1 Å². The van der Waals surface area contributed by atoms with Crippen LogP contribution in [0.3, 0.4) is 0 Å². The number of nitrogens with one attached hydrogen (secondary N) is 1. The molecule has 0 spiro atoms. The van der Waals surface area contributed by atoms with Crippen molar-refractivity contribution >= 4 is 10.9 Å². The average Bonchev–Trinajstić information content (AvgIpc) is 3.02. The molecule has 1 aliphatic carbocycles. The van der Waals surface area contributed by atoms with Crippen LogP contribution >= 0.6 is 0 Å². The van der Waals surface area contributed by atoms with Gasteiger partial charge in [-0.25, -0.2) is 0 Å². The fraction of sp³-hybridized carbons (Fsp3) is 0.385. The van der Waals surface area contributed by atoms with Gasteiger partial charge in [0.15, 0.2) is 0 Å². The van der Waals surface area contributed by atoms with Crippen LogP contribution in [0.4, 0.5) is 0 Å². The Bertz CT molecular complexity index is 513. The molecule has 1 fully saturated rings. The van der Waals surface area contributed by atoms with E-state index >= 15 is 0 Å². The van der Waals surface area contributed by atoms with Crippen molar-refractivity contribution in [2.45, 2.75) is 18.9 Å². The number of aromatic amines is 1. The van der Waals surface area contributed by atoms with Crippen LogP contribution in [0.2, 0.25) is 0 Å². The van der Waals surface area contributed by atoms with Gasteiger partial charge in [-0.15, -0.1) is 0 Å². The first-order valence-corrected chi connectivity index (χ1v) is 5.69. The highest BCUT2D eigenvalue weighted by Crippen LogP contribution is 2.54. The normalized spacial score (nSPS) is 19.9. The summed E-state index contributed by atoms with van der Waals surface area (Å²) in [7, 11) is 0. The molecule has 3 nitrogen and oxygen atoms in total. The second kappa shape index (κ2) is 3.34. The minimum atomic E-state index is -0.0645. The van der Waals surface area contributed by atoms with Gasteiger partial charge in [0.2, 0.25) is 0 Å². The maximum absolute atomic E-state index is 9.41. The zero-order chi connectivity index (χ0) is 11.2. The van der Waals surface area contributed by atoms with Crippen LogP contribution in [0, 0.1) is 5.41 Å². The smallest absolute Gasteiger partial charge is 0.0505 e. The van der Waals surface area contributed by atoms with Gasteiger partial charge in [-0.05, 0) is 24.5 Å². The van der Waals surface area contributed by atoms with Crippen LogP contribution in [-0.4, -0.2) is 16.7 Å². The maximum Gasteiger partial charge on any atom is 0.0505 e. The number of hydrogen-bond donors (Lipinski definition) is 3. The van der Waals surface area contributed by atoms with E-state index in [4.69, 9.17) is 5.73 Å². The van der Waals surface area contributed by atoms with Crippen molar-refractivity contribution in [3.8, 4) is 0 Å². The summed E-state index contributed by atoms with van der Waals surface area (Å²) in [6.45, 7) is 0.188. The molecule has 0 aliphatic heterocycles. The fourth-order valence-corrected chi connectivity index (χ4v) is 2.41. The van der Waals surface area contributed by atoms with Crippen molar-refractivity contribution in [1.82, 2.24) is 4.98 Å². The van der Waals surface area contributed by atoms with E-state index in [1.165, 1.54) is 5.39 Å². The van der Waals surface area contributed by atoms with E-state index < -0.39 is 0 Å². The van der Waals surface area contributed by atoms with Crippen LogP contribution in [0.25, 0.3) is 10.9 Å². The zero-order valence-corrected chi connectivity index (χ0v) is 9.11. The Hall–Kier alpha value is -1.32. The van der Waals surface area contributed by atoms with E-state index in [1.54, 1.807) is 0 Å². The minimum absolute atomic E-state index is 0.0614. The van der Waals surface area contributed by atoms with E-state index in [0.29, 0.717) is 0 Å². The van der Waals surface area contributed by atoms with Gasteiger partial charge in [-0.3, -0.25) is 0 Å². The van der Waals surface area contributed by atoms with Crippen molar-refractivity contribution < 1.29 is 5.11 Å². The molecule has 16 heavy (non-hydrogen) atoms. The molecule has 1 heterocycles. The summed E-state index contributed by atoms with van der Waals surface area (Å²) in [5.74, 6) is 0. The van der Waals surface area contributed by atoms with Crippen LogP contribution in [0.1, 0.15) is 24.4 Å². The number of fused-ring (bicyclic) bond motifs is 1. The summed E-state index contributed by atoms with van der Waals surface area (Å²) in [5.41, 5.74) is 8.45. The molecule has 84 valence electrons. The number of hydrogen-bond acceptors (Lipinski definition) is 2. The van der Waals surface area contributed by atoms with Gasteiger partial charge in [0.05, 0.1) is 6.61 Å². The Morgan fingerprint density at radius 2 is 2.12 bits per heavy atom. The lowest BCUT2D eigenvalue weighted by molar-refractivity contribution is 0.188. The molecule has 0 saturated heterocycles. The number of para-hydroxylation sites is 1. The largest absolute Gasteiger partial charge is 0.396 e. The minimum Gasteiger partial charge on any atom is -0.396 e. The maximum atomic E-state index is 9.41.